The highest BCUT2D eigenvalue weighted by molar-refractivity contribution is 7.12. The van der Waals surface area contributed by atoms with Gasteiger partial charge in [0.1, 0.15) is 0 Å². The van der Waals surface area contributed by atoms with E-state index in [1.54, 1.807) is 17.4 Å². The number of alkyl halides is 1. The first-order valence-electron chi connectivity index (χ1n) is 5.87. The largest absolute Gasteiger partial charge is 0.325 e. The molecule has 1 amide bonds. The number of carbonyl (C=O) groups excluding carboxylic acids is 1. The van der Waals surface area contributed by atoms with Crippen LogP contribution in [0.25, 0.3) is 0 Å². The first-order valence-corrected chi connectivity index (χ1v) is 7.50. The van der Waals surface area contributed by atoms with Gasteiger partial charge in [-0.1, -0.05) is 11.6 Å². The molecule has 5 heteroatoms. The smallest absolute Gasteiger partial charge is 0.228 e. The fraction of sp³-hybridized carbons (Fsp3) is 0.214. The molecule has 0 radical (unpaired) electrons. The van der Waals surface area contributed by atoms with Crippen LogP contribution in [0.2, 0.25) is 5.02 Å². The van der Waals surface area contributed by atoms with Crippen LogP contribution in [0.15, 0.2) is 24.3 Å². The van der Waals surface area contributed by atoms with E-state index < -0.39 is 0 Å². The van der Waals surface area contributed by atoms with Crippen LogP contribution in [-0.4, -0.2) is 5.91 Å². The number of hydrogen-bond acceptors (Lipinski definition) is 2. The molecule has 19 heavy (non-hydrogen) atoms. The molecule has 1 aromatic carbocycles. The maximum Gasteiger partial charge on any atom is 0.228 e. The molecule has 0 fully saturated rings. The van der Waals surface area contributed by atoms with Crippen molar-refractivity contribution in [3.05, 3.63) is 50.2 Å². The first-order chi connectivity index (χ1) is 9.04. The highest BCUT2D eigenvalue weighted by Crippen LogP contribution is 2.40. The van der Waals surface area contributed by atoms with Crippen molar-refractivity contribution in [3.8, 4) is 0 Å². The topological polar surface area (TPSA) is 29.1 Å². The summed E-state index contributed by atoms with van der Waals surface area (Å²) in [7, 11) is 0. The Labute approximate surface area is 125 Å². The molecule has 2 nitrogen and oxygen atoms in total. The number of thiophene rings is 1. The van der Waals surface area contributed by atoms with Crippen molar-refractivity contribution < 1.29 is 4.79 Å². The minimum absolute atomic E-state index is 0.00121. The van der Waals surface area contributed by atoms with E-state index in [4.69, 9.17) is 23.2 Å². The lowest BCUT2D eigenvalue weighted by Crippen LogP contribution is -2.03. The van der Waals surface area contributed by atoms with Gasteiger partial charge in [-0.15, -0.1) is 22.9 Å². The average molecular weight is 312 g/mol. The van der Waals surface area contributed by atoms with Gasteiger partial charge in [0.25, 0.3) is 0 Å². The predicted molar refractivity (Wildman–Crippen MR) is 80.5 cm³/mol. The second-order valence-corrected chi connectivity index (χ2v) is 6.73. The lowest BCUT2D eigenvalue weighted by molar-refractivity contribution is -0.115. The molecule has 0 spiro atoms. The molecule has 98 valence electrons. The van der Waals surface area contributed by atoms with Gasteiger partial charge in [0.15, 0.2) is 0 Å². The molecule has 1 aliphatic rings. The monoisotopic (exact) mass is 311 g/mol. The molecule has 1 N–H and O–H groups in total. The lowest BCUT2D eigenvalue weighted by atomic mass is 10.0. The number of carbonyl (C=O) groups is 1. The van der Waals surface area contributed by atoms with Gasteiger partial charge in [0.2, 0.25) is 5.91 Å². The van der Waals surface area contributed by atoms with Crippen molar-refractivity contribution in [2.75, 3.05) is 5.32 Å². The summed E-state index contributed by atoms with van der Waals surface area (Å²) >= 11 is 14.4. The lowest BCUT2D eigenvalue weighted by Gasteiger charge is -2.12. The van der Waals surface area contributed by atoms with Crippen LogP contribution in [0.1, 0.15) is 26.3 Å². The normalized spacial score (nSPS) is 15.2. The Morgan fingerprint density at radius 3 is 2.84 bits per heavy atom. The summed E-state index contributed by atoms with van der Waals surface area (Å²) in [6.07, 6.45) is 0.395. The van der Waals surface area contributed by atoms with Crippen molar-refractivity contribution in [1.82, 2.24) is 0 Å². The quantitative estimate of drug-likeness (QED) is 0.811. The average Bonchev–Trinajstić information content (AvgIpc) is 2.92. The predicted octanol–water partition coefficient (Wildman–Crippen LogP) is 4.53. The summed E-state index contributed by atoms with van der Waals surface area (Å²) in [5.41, 5.74) is 2.62. The van der Waals surface area contributed by atoms with E-state index in [0.717, 1.165) is 21.7 Å². The number of benzene rings is 1. The van der Waals surface area contributed by atoms with Crippen LogP contribution in [0, 0.1) is 6.92 Å². The summed E-state index contributed by atoms with van der Waals surface area (Å²) < 4.78 is 0. The number of amides is 1. The zero-order valence-corrected chi connectivity index (χ0v) is 12.5. The van der Waals surface area contributed by atoms with Gasteiger partial charge in [-0.3, -0.25) is 4.79 Å². The Hall–Kier alpha value is -1.03. The zero-order chi connectivity index (χ0) is 13.6. The highest BCUT2D eigenvalue weighted by Gasteiger charge is 2.23. The van der Waals surface area contributed by atoms with Gasteiger partial charge in [-0.2, -0.15) is 0 Å². The van der Waals surface area contributed by atoms with Gasteiger partial charge in [0, 0.05) is 20.5 Å². The summed E-state index contributed by atoms with van der Waals surface area (Å²) in [6.45, 7) is 2.05. The number of nitrogens with one attached hydrogen (secondary N) is 1. The van der Waals surface area contributed by atoms with Crippen LogP contribution in [0.3, 0.4) is 0 Å². The third kappa shape index (κ3) is 2.38. The Bertz CT molecular complexity index is 665. The molecular weight excluding hydrogens is 301 g/mol. The van der Waals surface area contributed by atoms with Crippen LogP contribution >= 0.6 is 34.5 Å². The maximum absolute atomic E-state index is 11.4. The van der Waals surface area contributed by atoms with Gasteiger partial charge >= 0.3 is 0 Å². The molecule has 0 bridgehead atoms. The van der Waals surface area contributed by atoms with E-state index in [1.807, 2.05) is 25.1 Å². The Kier molecular flexibility index (Phi) is 3.29. The molecule has 0 aliphatic carbocycles. The van der Waals surface area contributed by atoms with Crippen LogP contribution in [0.5, 0.6) is 0 Å². The van der Waals surface area contributed by atoms with E-state index in [1.165, 1.54) is 4.88 Å². The summed E-state index contributed by atoms with van der Waals surface area (Å²) in [4.78, 5) is 13.7. The van der Waals surface area contributed by atoms with E-state index in [0.29, 0.717) is 11.4 Å². The van der Waals surface area contributed by atoms with Gasteiger partial charge in [0.05, 0.1) is 11.8 Å². The molecule has 2 aromatic rings. The van der Waals surface area contributed by atoms with Crippen molar-refractivity contribution in [1.29, 1.82) is 0 Å². The molecular formula is C14H11Cl2NOS. The van der Waals surface area contributed by atoms with Gasteiger partial charge < -0.3 is 5.32 Å². The number of aryl methyl sites for hydroxylation is 1. The number of rotatable bonds is 2. The number of anilines is 1. The van der Waals surface area contributed by atoms with E-state index in [9.17, 15) is 4.79 Å². The maximum atomic E-state index is 11.4. The van der Waals surface area contributed by atoms with E-state index >= 15 is 0 Å². The fourth-order valence-electron chi connectivity index (χ4n) is 2.20. The van der Waals surface area contributed by atoms with E-state index in [-0.39, 0.29) is 11.3 Å². The molecule has 2 heterocycles. The summed E-state index contributed by atoms with van der Waals surface area (Å²) in [6, 6.07) is 7.78. The molecule has 1 aromatic heterocycles. The SMILES string of the molecule is Cc1ccc(C(Cl)c2cc3c(cc2Cl)NC(=O)C3)s1. The number of fused-ring (bicyclic) bond motifs is 1. The molecule has 0 saturated carbocycles. The zero-order valence-electron chi connectivity index (χ0n) is 10.2. The van der Waals surface area contributed by atoms with Crippen LogP contribution < -0.4 is 5.32 Å². The van der Waals surface area contributed by atoms with Crippen LogP contribution in [0.4, 0.5) is 5.69 Å². The Balaban J connectivity index is 2.02. The van der Waals surface area contributed by atoms with Gasteiger partial charge in [-0.25, -0.2) is 0 Å². The first kappa shape index (κ1) is 13.0. The fourth-order valence-corrected chi connectivity index (χ4v) is 3.79. The second-order valence-electron chi connectivity index (χ2n) is 4.57. The van der Waals surface area contributed by atoms with Gasteiger partial charge in [-0.05, 0) is 42.3 Å². The summed E-state index contributed by atoms with van der Waals surface area (Å²) in [5.74, 6) is 0.00121. The summed E-state index contributed by atoms with van der Waals surface area (Å²) in [5, 5.41) is 3.10. The molecule has 0 saturated heterocycles. The minimum Gasteiger partial charge on any atom is -0.325 e. The molecule has 3 rings (SSSR count). The number of hydrogen-bond donors (Lipinski definition) is 1. The third-order valence-corrected chi connectivity index (χ3v) is 5.12. The highest BCUT2D eigenvalue weighted by atomic mass is 35.5. The second kappa shape index (κ2) is 4.82. The Morgan fingerprint density at radius 1 is 1.37 bits per heavy atom. The van der Waals surface area contributed by atoms with Crippen molar-refractivity contribution >= 4 is 46.1 Å². The van der Waals surface area contributed by atoms with Crippen molar-refractivity contribution in [2.24, 2.45) is 0 Å². The third-order valence-electron chi connectivity index (χ3n) is 3.13. The number of halogens is 2. The van der Waals surface area contributed by atoms with Crippen LogP contribution in [-0.2, 0) is 11.2 Å². The molecule has 1 atom stereocenters. The van der Waals surface area contributed by atoms with E-state index in [2.05, 4.69) is 5.32 Å². The standard InChI is InChI=1S/C14H11Cl2NOS/c1-7-2-3-12(19-7)14(16)9-4-8-5-13(18)17-11(8)6-10(9)15/h2-4,6,14H,5H2,1H3,(H,17,18). The Morgan fingerprint density at radius 2 is 2.16 bits per heavy atom. The van der Waals surface area contributed by atoms with Crippen molar-refractivity contribution in [3.63, 3.8) is 0 Å². The minimum atomic E-state index is -0.271. The molecule has 1 unspecified atom stereocenters. The molecule has 1 aliphatic heterocycles. The van der Waals surface area contributed by atoms with Crippen molar-refractivity contribution in [2.45, 2.75) is 18.7 Å².